The van der Waals surface area contributed by atoms with Crippen molar-refractivity contribution in [2.24, 2.45) is 0 Å². The first-order valence-corrected chi connectivity index (χ1v) is 6.40. The lowest BCUT2D eigenvalue weighted by molar-refractivity contribution is -0.148. The number of hydrogen-bond acceptors (Lipinski definition) is 4. The molecule has 0 atom stereocenters. The van der Waals surface area contributed by atoms with Crippen LogP contribution in [0.25, 0.3) is 0 Å². The number of nitrogens with one attached hydrogen (secondary N) is 1. The number of hydroxylamine groups is 1. The molecular formula is C14H19NO4. The Kier molecular flexibility index (Phi) is 6.43. The molecule has 0 aliphatic rings. The molecule has 0 saturated carbocycles. The maximum Gasteiger partial charge on any atom is 0.331 e. The Morgan fingerprint density at radius 1 is 1.16 bits per heavy atom. The van der Waals surface area contributed by atoms with Crippen molar-refractivity contribution in [3.63, 3.8) is 0 Å². The molecule has 0 aliphatic heterocycles. The molecule has 1 amide bonds. The summed E-state index contributed by atoms with van der Waals surface area (Å²) in [6, 6.07) is 6.67. The van der Waals surface area contributed by atoms with Gasteiger partial charge in [-0.3, -0.25) is 4.79 Å². The second-order valence-corrected chi connectivity index (χ2v) is 3.99. The molecule has 1 aromatic rings. The second kappa shape index (κ2) is 8.13. The van der Waals surface area contributed by atoms with E-state index in [0.717, 1.165) is 18.6 Å². The molecule has 0 bridgehead atoms. The van der Waals surface area contributed by atoms with E-state index in [-0.39, 0.29) is 6.42 Å². The fourth-order valence-corrected chi connectivity index (χ4v) is 1.27. The summed E-state index contributed by atoms with van der Waals surface area (Å²) in [6.07, 6.45) is 2.28. The first-order valence-electron chi connectivity index (χ1n) is 6.40. The molecule has 19 heavy (non-hydrogen) atoms. The third-order valence-electron chi connectivity index (χ3n) is 2.43. The van der Waals surface area contributed by atoms with Gasteiger partial charge in [-0.15, -0.1) is 0 Å². The van der Waals surface area contributed by atoms with Crippen LogP contribution >= 0.6 is 0 Å². The number of unbranched alkanes of at least 4 members (excludes halogenated alkanes) is 1. The predicted octanol–water partition coefficient (Wildman–Crippen LogP) is 2.46. The second-order valence-electron chi connectivity index (χ2n) is 3.99. The summed E-state index contributed by atoms with van der Waals surface area (Å²) in [5, 5.41) is 0. The van der Waals surface area contributed by atoms with Gasteiger partial charge in [0.2, 0.25) is 0 Å². The predicted molar refractivity (Wildman–Crippen MR) is 70.7 cm³/mol. The van der Waals surface area contributed by atoms with Crippen molar-refractivity contribution < 1.29 is 19.2 Å². The lowest BCUT2D eigenvalue weighted by Crippen LogP contribution is -2.26. The lowest BCUT2D eigenvalue weighted by Gasteiger charge is -2.07. The Balaban J connectivity index is 2.46. The molecular weight excluding hydrogens is 246 g/mol. The van der Waals surface area contributed by atoms with E-state index >= 15 is 0 Å². The average Bonchev–Trinajstić information content (AvgIpc) is 2.45. The van der Waals surface area contributed by atoms with E-state index < -0.39 is 11.9 Å². The van der Waals surface area contributed by atoms with Gasteiger partial charge in [-0.25, -0.2) is 4.79 Å². The van der Waals surface area contributed by atoms with E-state index in [1.807, 2.05) is 0 Å². The van der Waals surface area contributed by atoms with E-state index in [2.05, 4.69) is 17.2 Å². The summed E-state index contributed by atoms with van der Waals surface area (Å²) in [5.74, 6) is -0.217. The SMILES string of the molecule is CCCCOc1ccc(C(=O)NOC(=O)CC)cc1. The van der Waals surface area contributed by atoms with Gasteiger partial charge in [0.05, 0.1) is 6.61 Å². The van der Waals surface area contributed by atoms with Crippen molar-refractivity contribution in [2.75, 3.05) is 6.61 Å². The van der Waals surface area contributed by atoms with Gasteiger partial charge in [-0.05, 0) is 30.7 Å². The zero-order valence-electron chi connectivity index (χ0n) is 11.3. The maximum atomic E-state index is 11.6. The number of ether oxygens (including phenoxy) is 1. The standard InChI is InChI=1S/C14H19NO4/c1-3-5-10-18-12-8-6-11(7-9-12)14(17)15-19-13(16)4-2/h6-9H,3-5,10H2,1-2H3,(H,15,17). The van der Waals surface area contributed by atoms with E-state index in [0.29, 0.717) is 12.2 Å². The quantitative estimate of drug-likeness (QED) is 0.634. The number of carbonyl (C=O) groups excluding carboxylic acids is 2. The summed E-state index contributed by atoms with van der Waals surface area (Å²) in [6.45, 7) is 4.40. The zero-order valence-corrected chi connectivity index (χ0v) is 11.3. The molecule has 0 aliphatic carbocycles. The maximum absolute atomic E-state index is 11.6. The molecule has 104 valence electrons. The molecule has 1 rings (SSSR count). The Bertz CT molecular complexity index is 414. The number of rotatable bonds is 6. The minimum Gasteiger partial charge on any atom is -0.494 e. The average molecular weight is 265 g/mol. The van der Waals surface area contributed by atoms with Gasteiger partial charge in [-0.2, -0.15) is 5.48 Å². The summed E-state index contributed by atoms with van der Waals surface area (Å²) < 4.78 is 5.48. The summed E-state index contributed by atoms with van der Waals surface area (Å²) >= 11 is 0. The molecule has 0 aromatic heterocycles. The van der Waals surface area contributed by atoms with Gasteiger partial charge in [-0.1, -0.05) is 20.3 Å². The van der Waals surface area contributed by atoms with E-state index in [1.54, 1.807) is 31.2 Å². The fraction of sp³-hybridized carbons (Fsp3) is 0.429. The molecule has 0 fully saturated rings. The van der Waals surface area contributed by atoms with Crippen molar-refractivity contribution in [3.05, 3.63) is 29.8 Å². The highest BCUT2D eigenvalue weighted by Gasteiger charge is 2.07. The van der Waals surface area contributed by atoms with Crippen LogP contribution in [0.5, 0.6) is 5.75 Å². The topological polar surface area (TPSA) is 64.6 Å². The van der Waals surface area contributed by atoms with Crippen LogP contribution < -0.4 is 10.2 Å². The molecule has 1 aromatic carbocycles. The first kappa shape index (κ1) is 15.0. The Morgan fingerprint density at radius 3 is 2.42 bits per heavy atom. The number of hydrogen-bond donors (Lipinski definition) is 1. The van der Waals surface area contributed by atoms with Crippen molar-refractivity contribution in [1.82, 2.24) is 5.48 Å². The summed E-state index contributed by atoms with van der Waals surface area (Å²) in [7, 11) is 0. The van der Waals surface area contributed by atoms with Crippen LogP contribution in [0, 0.1) is 0 Å². The lowest BCUT2D eigenvalue weighted by atomic mass is 10.2. The van der Waals surface area contributed by atoms with E-state index in [4.69, 9.17) is 4.74 Å². The minimum atomic E-state index is -0.479. The van der Waals surface area contributed by atoms with Gasteiger partial charge in [0.1, 0.15) is 5.75 Å². The van der Waals surface area contributed by atoms with Gasteiger partial charge in [0.15, 0.2) is 0 Å². The van der Waals surface area contributed by atoms with Crippen molar-refractivity contribution >= 4 is 11.9 Å². The Hall–Kier alpha value is -2.04. The monoisotopic (exact) mass is 265 g/mol. The highest BCUT2D eigenvalue weighted by atomic mass is 16.7. The number of carbonyl (C=O) groups is 2. The largest absolute Gasteiger partial charge is 0.494 e. The number of amides is 1. The van der Waals surface area contributed by atoms with Gasteiger partial charge >= 0.3 is 5.97 Å². The highest BCUT2D eigenvalue weighted by Crippen LogP contribution is 2.12. The zero-order chi connectivity index (χ0) is 14.1. The van der Waals surface area contributed by atoms with Crippen LogP contribution in [0.3, 0.4) is 0 Å². The molecule has 0 radical (unpaired) electrons. The molecule has 1 N–H and O–H groups in total. The first-order chi connectivity index (χ1) is 9.17. The Labute approximate surface area is 112 Å². The van der Waals surface area contributed by atoms with Crippen LogP contribution in [0.2, 0.25) is 0 Å². The van der Waals surface area contributed by atoms with Crippen LogP contribution in [0.15, 0.2) is 24.3 Å². The molecule has 5 nitrogen and oxygen atoms in total. The van der Waals surface area contributed by atoms with E-state index in [9.17, 15) is 9.59 Å². The third kappa shape index (κ3) is 5.42. The molecule has 5 heteroatoms. The highest BCUT2D eigenvalue weighted by molar-refractivity contribution is 5.94. The molecule has 0 spiro atoms. The van der Waals surface area contributed by atoms with Gasteiger partial charge < -0.3 is 9.57 Å². The number of benzene rings is 1. The van der Waals surface area contributed by atoms with Gasteiger partial charge in [0.25, 0.3) is 5.91 Å². The smallest absolute Gasteiger partial charge is 0.331 e. The minimum absolute atomic E-state index is 0.213. The third-order valence-corrected chi connectivity index (χ3v) is 2.43. The summed E-state index contributed by atoms with van der Waals surface area (Å²) in [5.41, 5.74) is 2.50. The molecule has 0 unspecified atom stereocenters. The van der Waals surface area contributed by atoms with Gasteiger partial charge in [0, 0.05) is 12.0 Å². The fourth-order valence-electron chi connectivity index (χ4n) is 1.27. The molecule has 0 heterocycles. The Morgan fingerprint density at radius 2 is 1.84 bits per heavy atom. The normalized spacial score (nSPS) is 9.79. The van der Waals surface area contributed by atoms with Crippen molar-refractivity contribution in [3.8, 4) is 5.75 Å². The van der Waals surface area contributed by atoms with Crippen molar-refractivity contribution in [2.45, 2.75) is 33.1 Å². The van der Waals surface area contributed by atoms with Crippen LogP contribution in [0.1, 0.15) is 43.5 Å². The van der Waals surface area contributed by atoms with E-state index in [1.165, 1.54) is 0 Å². The molecule has 0 saturated heterocycles. The van der Waals surface area contributed by atoms with Crippen LogP contribution in [0.4, 0.5) is 0 Å². The van der Waals surface area contributed by atoms with Crippen LogP contribution in [-0.2, 0) is 9.63 Å². The van der Waals surface area contributed by atoms with Crippen LogP contribution in [-0.4, -0.2) is 18.5 Å². The van der Waals surface area contributed by atoms with Crippen molar-refractivity contribution in [1.29, 1.82) is 0 Å². The summed E-state index contributed by atoms with van der Waals surface area (Å²) in [4.78, 5) is 27.0.